The Morgan fingerprint density at radius 2 is 2.30 bits per heavy atom. The van der Waals surface area contributed by atoms with Gasteiger partial charge in [0.1, 0.15) is 12.3 Å². The number of rotatable bonds is 8. The molecule has 0 spiro atoms. The molecule has 108 valence electrons. The summed E-state index contributed by atoms with van der Waals surface area (Å²) in [7, 11) is 0. The van der Waals surface area contributed by atoms with Crippen LogP contribution >= 0.6 is 15.9 Å². The Bertz CT molecular complexity index is 486. The first kappa shape index (κ1) is 16.5. The van der Waals surface area contributed by atoms with E-state index >= 15 is 0 Å². The second-order valence-electron chi connectivity index (χ2n) is 4.15. The summed E-state index contributed by atoms with van der Waals surface area (Å²) >= 11 is 3.42. The molecule has 1 aromatic rings. The van der Waals surface area contributed by atoms with Crippen LogP contribution in [0.3, 0.4) is 0 Å². The van der Waals surface area contributed by atoms with Crippen molar-refractivity contribution in [3.8, 4) is 11.8 Å². The van der Waals surface area contributed by atoms with Crippen molar-refractivity contribution in [2.45, 2.75) is 19.9 Å². The quantitative estimate of drug-likeness (QED) is 0.561. The Hall–Kier alpha value is -1.58. The van der Waals surface area contributed by atoms with E-state index in [1.165, 1.54) is 0 Å². The molecule has 0 aliphatic carbocycles. The van der Waals surface area contributed by atoms with E-state index in [1.807, 2.05) is 24.3 Å². The van der Waals surface area contributed by atoms with Gasteiger partial charge in [0.15, 0.2) is 6.61 Å². The first-order valence-corrected chi connectivity index (χ1v) is 7.22. The minimum absolute atomic E-state index is 0.00650. The number of benzene rings is 1. The standard InChI is InChI=1S/C14H18BrN3O2/c1-2-6-17-9-11-8-12(15)3-4-13(11)20-10-14(19)18-7-5-16/h3-4,8,17H,2,6-7,9-10H2,1H3,(H,18,19). The third-order valence-electron chi connectivity index (χ3n) is 2.49. The molecule has 0 atom stereocenters. The van der Waals surface area contributed by atoms with E-state index < -0.39 is 0 Å². The van der Waals surface area contributed by atoms with Gasteiger partial charge in [0, 0.05) is 16.6 Å². The number of nitrogens with zero attached hydrogens (tertiary/aromatic N) is 1. The molecule has 6 heteroatoms. The van der Waals surface area contributed by atoms with Gasteiger partial charge in [0.05, 0.1) is 6.07 Å². The van der Waals surface area contributed by atoms with Crippen LogP contribution in [0, 0.1) is 11.3 Å². The van der Waals surface area contributed by atoms with E-state index in [-0.39, 0.29) is 19.1 Å². The van der Waals surface area contributed by atoms with Crippen LogP contribution in [0.4, 0.5) is 0 Å². The molecular weight excluding hydrogens is 322 g/mol. The molecule has 0 aliphatic heterocycles. The van der Waals surface area contributed by atoms with Crippen LogP contribution in [-0.2, 0) is 11.3 Å². The molecule has 0 aromatic heterocycles. The maximum absolute atomic E-state index is 11.4. The zero-order valence-electron chi connectivity index (χ0n) is 11.4. The number of carbonyl (C=O) groups excluding carboxylic acids is 1. The van der Waals surface area contributed by atoms with Gasteiger partial charge in [-0.15, -0.1) is 0 Å². The third kappa shape index (κ3) is 6.04. The van der Waals surface area contributed by atoms with Crippen LogP contribution in [0.2, 0.25) is 0 Å². The highest BCUT2D eigenvalue weighted by atomic mass is 79.9. The highest BCUT2D eigenvalue weighted by Gasteiger charge is 2.07. The first-order chi connectivity index (χ1) is 9.67. The molecule has 0 saturated heterocycles. The summed E-state index contributed by atoms with van der Waals surface area (Å²) in [5.74, 6) is 0.367. The highest BCUT2D eigenvalue weighted by molar-refractivity contribution is 9.10. The molecule has 0 bridgehead atoms. The maximum Gasteiger partial charge on any atom is 0.258 e. The molecule has 0 heterocycles. The average Bonchev–Trinajstić information content (AvgIpc) is 2.44. The topological polar surface area (TPSA) is 74.2 Å². The van der Waals surface area contributed by atoms with Gasteiger partial charge < -0.3 is 15.4 Å². The minimum Gasteiger partial charge on any atom is -0.483 e. The molecule has 1 amide bonds. The van der Waals surface area contributed by atoms with E-state index in [9.17, 15) is 4.79 Å². The van der Waals surface area contributed by atoms with E-state index in [2.05, 4.69) is 33.5 Å². The molecule has 5 nitrogen and oxygen atoms in total. The highest BCUT2D eigenvalue weighted by Crippen LogP contribution is 2.23. The summed E-state index contributed by atoms with van der Waals surface area (Å²) in [6.45, 7) is 3.61. The number of hydrogen-bond donors (Lipinski definition) is 2. The zero-order chi connectivity index (χ0) is 14.8. The van der Waals surface area contributed by atoms with Crippen molar-refractivity contribution in [3.05, 3.63) is 28.2 Å². The second kappa shape index (κ2) is 9.34. The van der Waals surface area contributed by atoms with Crippen LogP contribution in [-0.4, -0.2) is 25.6 Å². The van der Waals surface area contributed by atoms with Crippen LogP contribution in [0.25, 0.3) is 0 Å². The van der Waals surface area contributed by atoms with Gasteiger partial charge in [0.2, 0.25) is 0 Å². The average molecular weight is 340 g/mol. The molecule has 0 saturated carbocycles. The van der Waals surface area contributed by atoms with Crippen LogP contribution in [0.5, 0.6) is 5.75 Å². The Morgan fingerprint density at radius 1 is 1.50 bits per heavy atom. The minimum atomic E-state index is -0.304. The lowest BCUT2D eigenvalue weighted by Crippen LogP contribution is -2.29. The molecular formula is C14H18BrN3O2. The van der Waals surface area contributed by atoms with Gasteiger partial charge in [-0.3, -0.25) is 4.79 Å². The number of hydrogen-bond acceptors (Lipinski definition) is 4. The van der Waals surface area contributed by atoms with Crippen molar-refractivity contribution in [3.63, 3.8) is 0 Å². The summed E-state index contributed by atoms with van der Waals surface area (Å²) in [5.41, 5.74) is 0.987. The van der Waals surface area contributed by atoms with Gasteiger partial charge in [0.25, 0.3) is 5.91 Å². The SMILES string of the molecule is CCCNCc1cc(Br)ccc1OCC(=O)NCC#N. The predicted molar refractivity (Wildman–Crippen MR) is 80.3 cm³/mol. The first-order valence-electron chi connectivity index (χ1n) is 6.43. The number of ether oxygens (including phenoxy) is 1. The molecule has 1 rings (SSSR count). The van der Waals surface area contributed by atoms with Crippen molar-refractivity contribution >= 4 is 21.8 Å². The Balaban J connectivity index is 2.59. The van der Waals surface area contributed by atoms with Crippen LogP contribution in [0.15, 0.2) is 22.7 Å². The zero-order valence-corrected chi connectivity index (χ0v) is 13.0. The van der Waals surface area contributed by atoms with E-state index in [4.69, 9.17) is 10.00 Å². The van der Waals surface area contributed by atoms with Gasteiger partial charge in [-0.1, -0.05) is 22.9 Å². The summed E-state index contributed by atoms with van der Waals surface area (Å²) < 4.78 is 6.46. The summed E-state index contributed by atoms with van der Waals surface area (Å²) in [6, 6.07) is 7.50. The smallest absolute Gasteiger partial charge is 0.258 e. The number of nitrogens with one attached hydrogen (secondary N) is 2. The summed E-state index contributed by atoms with van der Waals surface area (Å²) in [6.07, 6.45) is 1.06. The Kier molecular flexibility index (Phi) is 7.70. The largest absolute Gasteiger partial charge is 0.483 e. The van der Waals surface area contributed by atoms with Gasteiger partial charge in [-0.2, -0.15) is 5.26 Å². The fourth-order valence-corrected chi connectivity index (χ4v) is 1.97. The fraction of sp³-hybridized carbons (Fsp3) is 0.429. The Morgan fingerprint density at radius 3 is 3.00 bits per heavy atom. The molecule has 0 aliphatic rings. The molecule has 0 radical (unpaired) electrons. The van der Waals surface area contributed by atoms with Gasteiger partial charge in [-0.25, -0.2) is 0 Å². The van der Waals surface area contributed by atoms with Gasteiger partial charge in [-0.05, 0) is 31.2 Å². The predicted octanol–water partition coefficient (Wildman–Crippen LogP) is 1.97. The van der Waals surface area contributed by atoms with Crippen molar-refractivity contribution in [1.29, 1.82) is 5.26 Å². The fourth-order valence-electron chi connectivity index (χ4n) is 1.56. The second-order valence-corrected chi connectivity index (χ2v) is 5.07. The lowest BCUT2D eigenvalue weighted by Gasteiger charge is -2.12. The molecule has 1 aromatic carbocycles. The molecule has 20 heavy (non-hydrogen) atoms. The van der Waals surface area contributed by atoms with E-state index in [0.29, 0.717) is 12.3 Å². The number of nitriles is 1. The number of halogens is 1. The number of carbonyl (C=O) groups is 1. The van der Waals surface area contributed by atoms with Crippen molar-refractivity contribution in [2.75, 3.05) is 19.7 Å². The van der Waals surface area contributed by atoms with Crippen molar-refractivity contribution < 1.29 is 9.53 Å². The normalized spacial score (nSPS) is 9.85. The third-order valence-corrected chi connectivity index (χ3v) is 2.98. The summed E-state index contributed by atoms with van der Waals surface area (Å²) in [4.78, 5) is 11.4. The molecule has 2 N–H and O–H groups in total. The summed E-state index contributed by atoms with van der Waals surface area (Å²) in [5, 5.41) is 14.1. The monoisotopic (exact) mass is 339 g/mol. The van der Waals surface area contributed by atoms with Crippen LogP contribution in [0.1, 0.15) is 18.9 Å². The molecule has 0 fully saturated rings. The molecule has 0 unspecified atom stereocenters. The van der Waals surface area contributed by atoms with E-state index in [1.54, 1.807) is 0 Å². The Labute approximate surface area is 127 Å². The number of amides is 1. The lowest BCUT2D eigenvalue weighted by molar-refractivity contribution is -0.122. The van der Waals surface area contributed by atoms with Crippen LogP contribution < -0.4 is 15.4 Å². The van der Waals surface area contributed by atoms with Crippen molar-refractivity contribution in [1.82, 2.24) is 10.6 Å². The van der Waals surface area contributed by atoms with Gasteiger partial charge >= 0.3 is 0 Å². The lowest BCUT2D eigenvalue weighted by atomic mass is 10.2. The van der Waals surface area contributed by atoms with Crippen molar-refractivity contribution in [2.24, 2.45) is 0 Å². The maximum atomic E-state index is 11.4. The van der Waals surface area contributed by atoms with E-state index in [0.717, 1.165) is 23.0 Å².